The predicted molar refractivity (Wildman–Crippen MR) is 150 cm³/mol. The lowest BCUT2D eigenvalue weighted by molar-refractivity contribution is -0.125. The molecule has 208 valence electrons. The van der Waals surface area contributed by atoms with Crippen LogP contribution in [0.2, 0.25) is 0 Å². The standard InChI is InChI=1S/C32H34F2N4O2/c33-24-9-12-26(13-10-24)38-29-14-11-25(34)19-27(29)28-21-35(18-15-30(28)38)16-5-2-6-17-36-22-31(39)37(32(36)40)20-23-7-3-1-4-8-23/h1,3-4,7-14,19,28,30H,2,5-6,15-18,20-22H2/t28-,30+/m0/s1. The molecule has 0 unspecified atom stereocenters. The molecule has 3 heterocycles. The van der Waals surface area contributed by atoms with Crippen LogP contribution in [0.1, 0.15) is 42.7 Å². The Morgan fingerprint density at radius 3 is 2.38 bits per heavy atom. The fourth-order valence-corrected chi connectivity index (χ4v) is 6.48. The van der Waals surface area contributed by atoms with Crippen LogP contribution in [0, 0.1) is 11.6 Å². The Bertz CT molecular complexity index is 1370. The average molecular weight is 545 g/mol. The highest BCUT2D eigenvalue weighted by molar-refractivity contribution is 6.01. The second-order valence-electron chi connectivity index (χ2n) is 11.0. The first kappa shape index (κ1) is 26.4. The molecule has 2 saturated heterocycles. The summed E-state index contributed by atoms with van der Waals surface area (Å²) in [6, 6.07) is 21.2. The average Bonchev–Trinajstić information content (AvgIpc) is 3.42. The van der Waals surface area contributed by atoms with E-state index in [2.05, 4.69) is 9.80 Å². The molecule has 3 aliphatic rings. The van der Waals surface area contributed by atoms with E-state index in [-0.39, 0.29) is 42.1 Å². The van der Waals surface area contributed by atoms with E-state index in [0.29, 0.717) is 13.1 Å². The maximum absolute atomic E-state index is 14.3. The zero-order valence-electron chi connectivity index (χ0n) is 22.5. The van der Waals surface area contributed by atoms with Crippen molar-refractivity contribution >= 4 is 23.3 Å². The van der Waals surface area contributed by atoms with Crippen molar-refractivity contribution in [2.24, 2.45) is 0 Å². The van der Waals surface area contributed by atoms with E-state index in [1.165, 1.54) is 23.1 Å². The molecule has 3 aliphatic heterocycles. The van der Waals surface area contributed by atoms with Gasteiger partial charge in [0.1, 0.15) is 18.2 Å². The summed E-state index contributed by atoms with van der Waals surface area (Å²) >= 11 is 0. The first-order valence-corrected chi connectivity index (χ1v) is 14.2. The molecule has 6 nitrogen and oxygen atoms in total. The molecule has 0 saturated carbocycles. The molecule has 0 aromatic heterocycles. The number of urea groups is 1. The molecule has 6 rings (SSSR count). The molecule has 0 N–H and O–H groups in total. The van der Waals surface area contributed by atoms with Crippen molar-refractivity contribution in [1.82, 2.24) is 14.7 Å². The van der Waals surface area contributed by atoms with Crippen molar-refractivity contribution in [2.45, 2.75) is 44.2 Å². The van der Waals surface area contributed by atoms with Crippen LogP contribution in [0.5, 0.6) is 0 Å². The minimum atomic E-state index is -0.265. The fraction of sp³-hybridized carbons (Fsp3) is 0.375. The van der Waals surface area contributed by atoms with Crippen LogP contribution in [0.15, 0.2) is 72.8 Å². The molecular formula is C32H34F2N4O2. The third-order valence-electron chi connectivity index (χ3n) is 8.46. The number of fused-ring (bicyclic) bond motifs is 3. The van der Waals surface area contributed by atoms with E-state index in [9.17, 15) is 18.4 Å². The van der Waals surface area contributed by atoms with Crippen molar-refractivity contribution in [3.8, 4) is 0 Å². The van der Waals surface area contributed by atoms with Gasteiger partial charge in [-0.3, -0.25) is 9.69 Å². The number of likely N-dealkylation sites (tertiary alicyclic amines) is 1. The van der Waals surface area contributed by atoms with Crippen molar-refractivity contribution in [2.75, 3.05) is 37.6 Å². The normalized spacial score (nSPS) is 20.8. The van der Waals surface area contributed by atoms with E-state index >= 15 is 0 Å². The van der Waals surface area contributed by atoms with Gasteiger partial charge >= 0.3 is 6.03 Å². The van der Waals surface area contributed by atoms with Gasteiger partial charge in [0.05, 0.1) is 6.54 Å². The van der Waals surface area contributed by atoms with Crippen molar-refractivity contribution in [3.63, 3.8) is 0 Å². The monoisotopic (exact) mass is 544 g/mol. The molecule has 3 amide bonds. The van der Waals surface area contributed by atoms with Crippen molar-refractivity contribution in [1.29, 1.82) is 0 Å². The van der Waals surface area contributed by atoms with Crippen LogP contribution in [-0.4, -0.2) is 65.4 Å². The lowest BCUT2D eigenvalue weighted by Gasteiger charge is -2.39. The Morgan fingerprint density at radius 2 is 1.57 bits per heavy atom. The van der Waals surface area contributed by atoms with Gasteiger partial charge in [0.2, 0.25) is 0 Å². The van der Waals surface area contributed by atoms with Crippen LogP contribution in [-0.2, 0) is 11.3 Å². The van der Waals surface area contributed by atoms with Crippen molar-refractivity contribution in [3.05, 3.63) is 95.6 Å². The Hall–Kier alpha value is -3.78. The first-order valence-electron chi connectivity index (χ1n) is 14.2. The maximum Gasteiger partial charge on any atom is 0.327 e. The predicted octanol–water partition coefficient (Wildman–Crippen LogP) is 5.91. The van der Waals surface area contributed by atoms with Gasteiger partial charge < -0.3 is 14.7 Å². The number of unbranched alkanes of at least 4 members (excludes halogenated alkanes) is 2. The molecule has 3 aromatic carbocycles. The first-order chi connectivity index (χ1) is 19.5. The number of hydrogen-bond donors (Lipinski definition) is 0. The zero-order chi connectivity index (χ0) is 27.6. The summed E-state index contributed by atoms with van der Waals surface area (Å²) in [6.45, 7) is 3.80. The van der Waals surface area contributed by atoms with E-state index in [1.807, 2.05) is 36.4 Å². The number of amides is 3. The topological polar surface area (TPSA) is 47.1 Å². The number of carbonyl (C=O) groups excluding carboxylic acids is 2. The quantitative estimate of drug-likeness (QED) is 0.248. The summed E-state index contributed by atoms with van der Waals surface area (Å²) in [4.78, 5) is 32.9. The second kappa shape index (κ2) is 11.4. The summed E-state index contributed by atoms with van der Waals surface area (Å²) < 4.78 is 27.9. The molecule has 2 fully saturated rings. The second-order valence-corrected chi connectivity index (χ2v) is 11.0. The van der Waals surface area contributed by atoms with Crippen LogP contribution < -0.4 is 4.90 Å². The van der Waals surface area contributed by atoms with Crippen LogP contribution in [0.3, 0.4) is 0 Å². The van der Waals surface area contributed by atoms with Crippen LogP contribution in [0.25, 0.3) is 0 Å². The van der Waals surface area contributed by atoms with Gasteiger partial charge in [0.15, 0.2) is 0 Å². The fourth-order valence-electron chi connectivity index (χ4n) is 6.48. The minimum Gasteiger partial charge on any atom is -0.337 e. The number of rotatable bonds is 9. The molecule has 3 aromatic rings. The minimum absolute atomic E-state index is 0.139. The van der Waals surface area contributed by atoms with Gasteiger partial charge in [0.25, 0.3) is 5.91 Å². The summed E-state index contributed by atoms with van der Waals surface area (Å²) in [5.74, 6) is -0.445. The summed E-state index contributed by atoms with van der Waals surface area (Å²) in [6.07, 6.45) is 3.76. The number of benzene rings is 3. The number of imide groups is 1. The molecule has 8 heteroatoms. The van der Waals surface area contributed by atoms with Crippen molar-refractivity contribution < 1.29 is 18.4 Å². The van der Waals surface area contributed by atoms with Gasteiger partial charge in [-0.15, -0.1) is 0 Å². The zero-order valence-corrected chi connectivity index (χ0v) is 22.5. The number of nitrogens with zero attached hydrogens (tertiary/aromatic N) is 4. The summed E-state index contributed by atoms with van der Waals surface area (Å²) in [5, 5.41) is 0. The summed E-state index contributed by atoms with van der Waals surface area (Å²) in [5.41, 5.74) is 3.92. The maximum atomic E-state index is 14.3. The van der Waals surface area contributed by atoms with Gasteiger partial charge in [0, 0.05) is 43.0 Å². The molecule has 0 bridgehead atoms. The van der Waals surface area contributed by atoms with E-state index in [4.69, 9.17) is 0 Å². The van der Waals surface area contributed by atoms with E-state index in [1.54, 1.807) is 23.1 Å². The Morgan fingerprint density at radius 1 is 0.825 bits per heavy atom. The highest BCUT2D eigenvalue weighted by Crippen LogP contribution is 2.48. The highest BCUT2D eigenvalue weighted by atomic mass is 19.1. The van der Waals surface area contributed by atoms with Gasteiger partial charge in [-0.1, -0.05) is 36.8 Å². The Labute approximate surface area is 233 Å². The Balaban J connectivity index is 1.00. The van der Waals surface area contributed by atoms with E-state index < -0.39 is 0 Å². The number of halogens is 2. The lowest BCUT2D eigenvalue weighted by atomic mass is 9.89. The van der Waals surface area contributed by atoms with Crippen LogP contribution in [0.4, 0.5) is 25.0 Å². The third kappa shape index (κ3) is 5.32. The number of hydrogen-bond acceptors (Lipinski definition) is 4. The molecule has 2 atom stereocenters. The van der Waals surface area contributed by atoms with Gasteiger partial charge in [-0.25, -0.2) is 13.6 Å². The van der Waals surface area contributed by atoms with Gasteiger partial charge in [-0.2, -0.15) is 0 Å². The third-order valence-corrected chi connectivity index (χ3v) is 8.46. The van der Waals surface area contributed by atoms with E-state index in [0.717, 1.165) is 67.8 Å². The number of anilines is 2. The molecular weight excluding hydrogens is 510 g/mol. The number of carbonyl (C=O) groups is 2. The Kier molecular flexibility index (Phi) is 7.52. The van der Waals surface area contributed by atoms with Gasteiger partial charge in [-0.05, 0) is 79.4 Å². The molecule has 0 spiro atoms. The lowest BCUT2D eigenvalue weighted by Crippen LogP contribution is -2.45. The highest BCUT2D eigenvalue weighted by Gasteiger charge is 2.42. The number of piperidine rings is 1. The summed E-state index contributed by atoms with van der Waals surface area (Å²) in [7, 11) is 0. The molecule has 0 aliphatic carbocycles. The SMILES string of the molecule is O=C1CN(CCCCCN2CC[C@@H]3[C@@H](C2)c2cc(F)ccc2N3c2ccc(F)cc2)C(=O)N1Cc1ccccc1. The smallest absolute Gasteiger partial charge is 0.327 e. The van der Waals surface area contributed by atoms with Crippen LogP contribution >= 0.6 is 0 Å². The largest absolute Gasteiger partial charge is 0.337 e. The molecule has 0 radical (unpaired) electrons. The molecule has 40 heavy (non-hydrogen) atoms.